The third-order valence-corrected chi connectivity index (χ3v) is 5.56. The molecule has 1 amide bonds. The first kappa shape index (κ1) is 18.3. The lowest BCUT2D eigenvalue weighted by atomic mass is 9.97. The van der Waals surface area contributed by atoms with Crippen LogP contribution >= 0.6 is 0 Å². The molecule has 1 saturated heterocycles. The first-order valence-electron chi connectivity index (χ1n) is 9.64. The summed E-state index contributed by atoms with van der Waals surface area (Å²) in [7, 11) is 0. The van der Waals surface area contributed by atoms with Crippen LogP contribution in [0.15, 0.2) is 60.7 Å². The molecular formula is C23H23NO4. The van der Waals surface area contributed by atoms with Gasteiger partial charge in [0.2, 0.25) is 0 Å². The summed E-state index contributed by atoms with van der Waals surface area (Å²) in [6.45, 7) is 1.45. The van der Waals surface area contributed by atoms with Crippen LogP contribution in [0, 0.1) is 5.92 Å². The van der Waals surface area contributed by atoms with E-state index in [9.17, 15) is 9.59 Å². The molecule has 1 atom stereocenters. The quantitative estimate of drug-likeness (QED) is 0.807. The number of carboxylic acid groups (broad SMARTS) is 1. The Morgan fingerprint density at radius 2 is 1.71 bits per heavy atom. The van der Waals surface area contributed by atoms with E-state index in [0.29, 0.717) is 19.7 Å². The molecule has 1 aliphatic heterocycles. The fourth-order valence-corrected chi connectivity index (χ4v) is 4.24. The predicted octanol–water partition coefficient (Wildman–Crippen LogP) is 4.29. The maximum atomic E-state index is 12.6. The van der Waals surface area contributed by atoms with E-state index in [2.05, 4.69) is 24.3 Å². The summed E-state index contributed by atoms with van der Waals surface area (Å²) in [4.78, 5) is 25.0. The van der Waals surface area contributed by atoms with Gasteiger partial charge in [0, 0.05) is 25.1 Å². The number of ether oxygens (including phenoxy) is 1. The Bertz CT molecular complexity index is 875. The molecule has 5 nitrogen and oxygen atoms in total. The zero-order chi connectivity index (χ0) is 19.5. The molecule has 1 N–H and O–H groups in total. The first-order valence-corrected chi connectivity index (χ1v) is 9.64. The maximum Gasteiger partial charge on any atom is 0.409 e. The topological polar surface area (TPSA) is 66.8 Å². The van der Waals surface area contributed by atoms with Crippen molar-refractivity contribution in [1.82, 2.24) is 4.90 Å². The molecule has 0 aromatic heterocycles. The molecule has 0 unspecified atom stereocenters. The number of carboxylic acids is 1. The Balaban J connectivity index is 1.43. The molecule has 144 valence electrons. The summed E-state index contributed by atoms with van der Waals surface area (Å²) >= 11 is 0. The minimum Gasteiger partial charge on any atom is -0.478 e. The summed E-state index contributed by atoms with van der Waals surface area (Å²) in [5, 5.41) is 8.79. The minimum absolute atomic E-state index is 0.0452. The van der Waals surface area contributed by atoms with Gasteiger partial charge in [0.25, 0.3) is 0 Å². The number of carbonyl (C=O) groups is 2. The number of piperidine rings is 1. The van der Waals surface area contributed by atoms with Gasteiger partial charge in [-0.15, -0.1) is 0 Å². The fourth-order valence-electron chi connectivity index (χ4n) is 4.24. The Morgan fingerprint density at radius 3 is 2.36 bits per heavy atom. The monoisotopic (exact) mass is 377 g/mol. The van der Waals surface area contributed by atoms with E-state index >= 15 is 0 Å². The molecule has 1 fully saturated rings. The number of nitrogens with zero attached hydrogens (tertiary/aromatic N) is 1. The van der Waals surface area contributed by atoms with E-state index < -0.39 is 5.97 Å². The van der Waals surface area contributed by atoms with Gasteiger partial charge in [0.15, 0.2) is 0 Å². The summed E-state index contributed by atoms with van der Waals surface area (Å²) in [6.07, 6.45) is 4.24. The molecule has 1 heterocycles. The van der Waals surface area contributed by atoms with Gasteiger partial charge in [-0.3, -0.25) is 0 Å². The number of likely N-dealkylation sites (tertiary alicyclic amines) is 1. The highest BCUT2D eigenvalue weighted by Crippen LogP contribution is 2.44. The number of amides is 1. The second kappa shape index (κ2) is 7.89. The van der Waals surface area contributed by atoms with E-state index in [4.69, 9.17) is 9.84 Å². The molecule has 2 aliphatic rings. The van der Waals surface area contributed by atoms with Crippen molar-refractivity contribution in [2.24, 2.45) is 5.92 Å². The third-order valence-electron chi connectivity index (χ3n) is 5.56. The van der Waals surface area contributed by atoms with Crippen LogP contribution in [0.4, 0.5) is 4.79 Å². The molecule has 0 saturated carbocycles. The van der Waals surface area contributed by atoms with Crippen molar-refractivity contribution in [2.45, 2.75) is 18.8 Å². The van der Waals surface area contributed by atoms with Gasteiger partial charge in [-0.2, -0.15) is 0 Å². The standard InChI is InChI=1S/C23H23NO4/c25-22(26)12-11-16-6-5-13-24(14-16)23(27)28-15-21-19-9-3-1-7-17(19)18-8-2-4-10-20(18)21/h1-4,7-12,16,21H,5-6,13-15H2,(H,25,26)/b12-11+/t16-/m1/s1. The Hall–Kier alpha value is -3.08. The van der Waals surface area contributed by atoms with Crippen molar-refractivity contribution in [3.8, 4) is 11.1 Å². The van der Waals surface area contributed by atoms with Gasteiger partial charge in [-0.25, -0.2) is 9.59 Å². The molecule has 2 aromatic carbocycles. The molecule has 0 radical (unpaired) electrons. The van der Waals surface area contributed by atoms with E-state index in [-0.39, 0.29) is 17.9 Å². The summed E-state index contributed by atoms with van der Waals surface area (Å²) in [5.41, 5.74) is 4.79. The van der Waals surface area contributed by atoms with E-state index in [1.807, 2.05) is 24.3 Å². The molecular weight excluding hydrogens is 354 g/mol. The Kier molecular flexibility index (Phi) is 5.15. The summed E-state index contributed by atoms with van der Waals surface area (Å²) in [5.74, 6) is -0.854. The van der Waals surface area contributed by atoms with Gasteiger partial charge in [-0.1, -0.05) is 54.6 Å². The van der Waals surface area contributed by atoms with Crippen molar-refractivity contribution < 1.29 is 19.4 Å². The lowest BCUT2D eigenvalue weighted by molar-refractivity contribution is -0.131. The molecule has 2 aromatic rings. The highest BCUT2D eigenvalue weighted by molar-refractivity contribution is 5.80. The van der Waals surface area contributed by atoms with E-state index in [1.165, 1.54) is 22.3 Å². The minimum atomic E-state index is -0.960. The second-order valence-electron chi connectivity index (χ2n) is 7.35. The van der Waals surface area contributed by atoms with Crippen LogP contribution in [0.3, 0.4) is 0 Å². The summed E-state index contributed by atoms with van der Waals surface area (Å²) < 4.78 is 5.70. The number of fused-ring (bicyclic) bond motifs is 3. The number of rotatable bonds is 4. The normalized spacial score (nSPS) is 18.7. The smallest absolute Gasteiger partial charge is 0.409 e. The van der Waals surface area contributed by atoms with Gasteiger partial charge < -0.3 is 14.7 Å². The van der Waals surface area contributed by atoms with Gasteiger partial charge >= 0.3 is 12.1 Å². The van der Waals surface area contributed by atoms with Crippen LogP contribution in [0.2, 0.25) is 0 Å². The van der Waals surface area contributed by atoms with Crippen molar-refractivity contribution in [1.29, 1.82) is 0 Å². The molecule has 4 rings (SSSR count). The Labute approximate surface area is 164 Å². The van der Waals surface area contributed by atoms with Crippen LogP contribution in [-0.2, 0) is 9.53 Å². The second-order valence-corrected chi connectivity index (χ2v) is 7.35. The number of hydrogen-bond acceptors (Lipinski definition) is 3. The van der Waals surface area contributed by atoms with E-state index in [1.54, 1.807) is 11.0 Å². The highest BCUT2D eigenvalue weighted by atomic mass is 16.6. The Morgan fingerprint density at radius 1 is 1.07 bits per heavy atom. The van der Waals surface area contributed by atoms with Crippen LogP contribution in [-0.4, -0.2) is 41.8 Å². The first-order chi connectivity index (χ1) is 13.6. The molecule has 0 spiro atoms. The maximum absolute atomic E-state index is 12.6. The lowest BCUT2D eigenvalue weighted by Gasteiger charge is -2.31. The number of benzene rings is 2. The largest absolute Gasteiger partial charge is 0.478 e. The summed E-state index contributed by atoms with van der Waals surface area (Å²) in [6, 6.07) is 16.5. The van der Waals surface area contributed by atoms with Crippen LogP contribution in [0.25, 0.3) is 11.1 Å². The van der Waals surface area contributed by atoms with Crippen molar-refractivity contribution in [2.75, 3.05) is 19.7 Å². The third kappa shape index (κ3) is 3.65. The number of carbonyl (C=O) groups excluding carboxylic acids is 1. The predicted molar refractivity (Wildman–Crippen MR) is 106 cm³/mol. The van der Waals surface area contributed by atoms with Crippen LogP contribution < -0.4 is 0 Å². The average Bonchev–Trinajstić information content (AvgIpc) is 3.04. The fraction of sp³-hybridized carbons (Fsp3) is 0.304. The van der Waals surface area contributed by atoms with Gasteiger partial charge in [-0.05, 0) is 41.0 Å². The number of aliphatic carboxylic acids is 1. The van der Waals surface area contributed by atoms with Crippen molar-refractivity contribution >= 4 is 12.1 Å². The molecule has 5 heteroatoms. The van der Waals surface area contributed by atoms with Gasteiger partial charge in [0.05, 0.1) is 0 Å². The molecule has 0 bridgehead atoms. The average molecular weight is 377 g/mol. The highest BCUT2D eigenvalue weighted by Gasteiger charge is 2.30. The van der Waals surface area contributed by atoms with Crippen molar-refractivity contribution in [3.63, 3.8) is 0 Å². The van der Waals surface area contributed by atoms with Gasteiger partial charge in [0.1, 0.15) is 6.61 Å². The lowest BCUT2D eigenvalue weighted by Crippen LogP contribution is -2.40. The number of hydrogen-bond donors (Lipinski definition) is 1. The molecule has 28 heavy (non-hydrogen) atoms. The molecule has 1 aliphatic carbocycles. The van der Waals surface area contributed by atoms with Crippen molar-refractivity contribution in [3.05, 3.63) is 71.8 Å². The van der Waals surface area contributed by atoms with Crippen LogP contribution in [0.5, 0.6) is 0 Å². The zero-order valence-corrected chi connectivity index (χ0v) is 15.6. The van der Waals surface area contributed by atoms with Crippen LogP contribution in [0.1, 0.15) is 29.9 Å². The SMILES string of the molecule is O=C(O)/C=C/[C@H]1CCCN(C(=O)OCC2c3ccccc3-c3ccccc32)C1. The zero-order valence-electron chi connectivity index (χ0n) is 15.6. The van der Waals surface area contributed by atoms with E-state index in [0.717, 1.165) is 18.9 Å².